The molecule has 6 nitrogen and oxygen atoms in total. The minimum atomic E-state index is 0. The second-order valence-electron chi connectivity index (χ2n) is 6.89. The number of rotatable bonds is 9. The maximum Gasteiger partial charge on any atom is 0.231 e. The van der Waals surface area contributed by atoms with Gasteiger partial charge in [0.2, 0.25) is 6.79 Å². The van der Waals surface area contributed by atoms with Gasteiger partial charge in [-0.2, -0.15) is 0 Å². The number of aliphatic hydroxyl groups is 1. The van der Waals surface area contributed by atoms with E-state index in [9.17, 15) is 5.11 Å². The lowest BCUT2D eigenvalue weighted by Crippen LogP contribution is -2.39. The van der Waals surface area contributed by atoms with Crippen molar-refractivity contribution in [1.82, 2.24) is 10.2 Å². The van der Waals surface area contributed by atoms with Gasteiger partial charge in [-0.3, -0.25) is 4.99 Å². The summed E-state index contributed by atoms with van der Waals surface area (Å²) in [6, 6.07) is 6.04. The molecule has 0 saturated heterocycles. The molecule has 0 fully saturated rings. The van der Waals surface area contributed by atoms with Crippen molar-refractivity contribution in [2.75, 3.05) is 33.5 Å². The van der Waals surface area contributed by atoms with Crippen molar-refractivity contribution in [2.24, 2.45) is 10.4 Å². The highest BCUT2D eigenvalue weighted by atomic mass is 127. The molecule has 0 atom stereocenters. The minimum absolute atomic E-state index is 0. The van der Waals surface area contributed by atoms with Crippen LogP contribution in [0.4, 0.5) is 0 Å². The summed E-state index contributed by atoms with van der Waals surface area (Å²) in [5, 5.41) is 12.8. The molecule has 1 heterocycles. The van der Waals surface area contributed by atoms with E-state index in [1.54, 1.807) is 0 Å². The Labute approximate surface area is 180 Å². The van der Waals surface area contributed by atoms with Gasteiger partial charge in [0.25, 0.3) is 0 Å². The van der Waals surface area contributed by atoms with E-state index in [-0.39, 0.29) is 36.0 Å². The normalized spacial score (nSPS) is 13.3. The number of hydrogen-bond acceptors (Lipinski definition) is 4. The molecule has 0 saturated carbocycles. The van der Waals surface area contributed by atoms with E-state index < -0.39 is 0 Å². The van der Waals surface area contributed by atoms with Gasteiger partial charge >= 0.3 is 0 Å². The van der Waals surface area contributed by atoms with Crippen molar-refractivity contribution in [3.8, 4) is 11.5 Å². The van der Waals surface area contributed by atoms with Crippen LogP contribution in [-0.4, -0.2) is 49.5 Å². The van der Waals surface area contributed by atoms with Crippen molar-refractivity contribution in [2.45, 2.75) is 46.6 Å². The van der Waals surface area contributed by atoms with E-state index in [1.165, 1.54) is 0 Å². The summed E-state index contributed by atoms with van der Waals surface area (Å²) >= 11 is 0. The first-order chi connectivity index (χ1) is 12.6. The van der Waals surface area contributed by atoms with Gasteiger partial charge in [0, 0.05) is 33.3 Å². The molecule has 7 heteroatoms. The maximum atomic E-state index is 9.42. The third-order valence-electron chi connectivity index (χ3n) is 5.26. The van der Waals surface area contributed by atoms with Crippen LogP contribution in [0.1, 0.15) is 45.6 Å². The third-order valence-corrected chi connectivity index (χ3v) is 5.26. The SMILES string of the molecule is CCNC(=NCC(CC)(CC)CCO)N(C)Cc1ccc2c(c1)OCO2.I. The summed E-state index contributed by atoms with van der Waals surface area (Å²) in [5.74, 6) is 2.49. The Morgan fingerprint density at radius 1 is 1.22 bits per heavy atom. The molecule has 0 spiro atoms. The van der Waals surface area contributed by atoms with Crippen LogP contribution in [0.3, 0.4) is 0 Å². The number of halogens is 1. The van der Waals surface area contributed by atoms with E-state index in [4.69, 9.17) is 14.5 Å². The highest BCUT2D eigenvalue weighted by Gasteiger charge is 2.25. The molecule has 2 N–H and O–H groups in total. The highest BCUT2D eigenvalue weighted by molar-refractivity contribution is 14.0. The fourth-order valence-electron chi connectivity index (χ4n) is 3.24. The molecule has 0 aliphatic carbocycles. The molecule has 0 radical (unpaired) electrons. The Morgan fingerprint density at radius 2 is 1.93 bits per heavy atom. The molecule has 0 unspecified atom stereocenters. The van der Waals surface area contributed by atoms with Crippen molar-refractivity contribution < 1.29 is 14.6 Å². The summed E-state index contributed by atoms with van der Waals surface area (Å²) in [5.41, 5.74) is 1.21. The quantitative estimate of drug-likeness (QED) is 0.314. The first-order valence-corrected chi connectivity index (χ1v) is 9.56. The second kappa shape index (κ2) is 11.6. The molecule has 0 amide bonds. The van der Waals surface area contributed by atoms with E-state index >= 15 is 0 Å². The lowest BCUT2D eigenvalue weighted by atomic mass is 9.79. The third kappa shape index (κ3) is 6.41. The molecule has 1 aromatic rings. The first kappa shape index (κ1) is 23.8. The molecule has 0 aromatic heterocycles. The predicted molar refractivity (Wildman–Crippen MR) is 120 cm³/mol. The molecule has 0 bridgehead atoms. The van der Waals surface area contributed by atoms with Gasteiger partial charge in [0.1, 0.15) is 0 Å². The molecule has 1 aliphatic heterocycles. The summed E-state index contributed by atoms with van der Waals surface area (Å²) in [7, 11) is 2.04. The van der Waals surface area contributed by atoms with Crippen molar-refractivity contribution in [1.29, 1.82) is 0 Å². The summed E-state index contributed by atoms with van der Waals surface area (Å²) < 4.78 is 10.8. The van der Waals surface area contributed by atoms with Crippen LogP contribution in [0.2, 0.25) is 0 Å². The molecule has 2 rings (SSSR count). The van der Waals surface area contributed by atoms with Gasteiger partial charge in [-0.05, 0) is 49.3 Å². The van der Waals surface area contributed by atoms with Crippen LogP contribution in [0.15, 0.2) is 23.2 Å². The minimum Gasteiger partial charge on any atom is -0.454 e. The van der Waals surface area contributed by atoms with E-state index in [2.05, 4.69) is 37.1 Å². The Balaban J connectivity index is 0.00000364. The van der Waals surface area contributed by atoms with Crippen molar-refractivity contribution in [3.05, 3.63) is 23.8 Å². The first-order valence-electron chi connectivity index (χ1n) is 9.56. The Kier molecular flexibility index (Phi) is 10.2. The van der Waals surface area contributed by atoms with Crippen LogP contribution in [-0.2, 0) is 6.54 Å². The zero-order valence-corrected chi connectivity index (χ0v) is 19.3. The number of guanidine groups is 1. The fraction of sp³-hybridized carbons (Fsp3) is 0.650. The topological polar surface area (TPSA) is 66.3 Å². The number of fused-ring (bicyclic) bond motifs is 1. The molecule has 27 heavy (non-hydrogen) atoms. The number of aliphatic imine (C=N–C) groups is 1. The lowest BCUT2D eigenvalue weighted by molar-refractivity contribution is 0.174. The number of benzene rings is 1. The van der Waals surface area contributed by atoms with Gasteiger partial charge in [-0.25, -0.2) is 0 Å². The number of nitrogens with zero attached hydrogens (tertiary/aromatic N) is 2. The van der Waals surface area contributed by atoms with Gasteiger partial charge in [0.05, 0.1) is 0 Å². The Bertz CT molecular complexity index is 606. The zero-order chi connectivity index (χ0) is 19.0. The van der Waals surface area contributed by atoms with Crippen molar-refractivity contribution >= 4 is 29.9 Å². The van der Waals surface area contributed by atoms with Crippen LogP contribution < -0.4 is 14.8 Å². The highest BCUT2D eigenvalue weighted by Crippen LogP contribution is 2.33. The van der Waals surface area contributed by atoms with Gasteiger partial charge in [-0.1, -0.05) is 19.9 Å². The summed E-state index contributed by atoms with van der Waals surface area (Å²) in [6.45, 7) is 9.19. The van der Waals surface area contributed by atoms with Crippen LogP contribution >= 0.6 is 24.0 Å². The largest absolute Gasteiger partial charge is 0.454 e. The Morgan fingerprint density at radius 3 is 2.56 bits per heavy atom. The Hall–Kier alpha value is -1.22. The molecule has 1 aromatic carbocycles. The van der Waals surface area contributed by atoms with Crippen LogP contribution in [0.5, 0.6) is 11.5 Å². The average molecular weight is 491 g/mol. The van der Waals surface area contributed by atoms with Gasteiger partial charge < -0.3 is 24.8 Å². The smallest absolute Gasteiger partial charge is 0.231 e. The van der Waals surface area contributed by atoms with E-state index in [0.717, 1.165) is 55.4 Å². The fourth-order valence-corrected chi connectivity index (χ4v) is 3.24. The van der Waals surface area contributed by atoms with E-state index in [0.29, 0.717) is 13.3 Å². The maximum absolute atomic E-state index is 9.42. The molecular formula is C20H34IN3O3. The van der Waals surface area contributed by atoms with Crippen molar-refractivity contribution in [3.63, 3.8) is 0 Å². The molecule has 154 valence electrons. The second-order valence-corrected chi connectivity index (χ2v) is 6.89. The lowest BCUT2D eigenvalue weighted by Gasteiger charge is -2.30. The number of aliphatic hydroxyl groups excluding tert-OH is 1. The summed E-state index contributed by atoms with van der Waals surface area (Å²) in [4.78, 5) is 7.00. The predicted octanol–water partition coefficient (Wildman–Crippen LogP) is 3.62. The summed E-state index contributed by atoms with van der Waals surface area (Å²) in [6.07, 6.45) is 2.81. The average Bonchev–Trinajstić information content (AvgIpc) is 3.11. The molecule has 1 aliphatic rings. The number of nitrogens with one attached hydrogen (secondary N) is 1. The van der Waals surface area contributed by atoms with E-state index in [1.807, 2.05) is 19.2 Å². The van der Waals surface area contributed by atoms with Crippen LogP contribution in [0, 0.1) is 5.41 Å². The van der Waals surface area contributed by atoms with Gasteiger partial charge in [0.15, 0.2) is 17.5 Å². The van der Waals surface area contributed by atoms with Gasteiger partial charge in [-0.15, -0.1) is 24.0 Å². The number of hydrogen-bond donors (Lipinski definition) is 2. The zero-order valence-electron chi connectivity index (χ0n) is 17.0. The molecular weight excluding hydrogens is 457 g/mol. The number of ether oxygens (including phenoxy) is 2. The van der Waals surface area contributed by atoms with Crippen LogP contribution in [0.25, 0.3) is 0 Å². The monoisotopic (exact) mass is 491 g/mol. The standard InChI is InChI=1S/C20H33N3O3.HI/c1-5-20(6-2,10-11-24)14-22-19(21-7-3)23(4)13-16-8-9-17-18(12-16)26-15-25-17;/h8-9,12,24H,5-7,10-11,13-15H2,1-4H3,(H,21,22);1H.